The van der Waals surface area contributed by atoms with Gasteiger partial charge in [0.25, 0.3) is 0 Å². The zero-order valence-electron chi connectivity index (χ0n) is 5.25. The first-order chi connectivity index (χ1) is 4.33. The second-order valence-electron chi connectivity index (χ2n) is 2.13. The van der Waals surface area contributed by atoms with Crippen LogP contribution >= 0.6 is 55.4 Å². The minimum Gasteiger partial charge on any atom is -0.150 e. The first-order valence-electron chi connectivity index (χ1n) is 2.68. The Hall–Kier alpha value is 1.88. The molecule has 0 aliphatic carbocycles. The zero-order valence-corrected chi connectivity index (χ0v) is 11.2. The molecule has 0 rings (SSSR count). The van der Waals surface area contributed by atoms with Crippen LogP contribution in [0.15, 0.2) is 0 Å². The van der Waals surface area contributed by atoms with Crippen LogP contribution in [0.2, 0.25) is 11.6 Å². The summed E-state index contributed by atoms with van der Waals surface area (Å²) in [6.07, 6.45) is 0. The van der Waals surface area contributed by atoms with E-state index in [0.29, 0.717) is 6.04 Å². The highest BCUT2D eigenvalue weighted by Crippen LogP contribution is 2.34. The average Bonchev–Trinajstić information content (AvgIpc) is 1.60. The molecule has 10 heavy (non-hydrogen) atoms. The van der Waals surface area contributed by atoms with Crippen molar-refractivity contribution in [2.24, 2.45) is 0 Å². The minimum atomic E-state index is -2.50. The van der Waals surface area contributed by atoms with Gasteiger partial charge < -0.3 is 0 Å². The maximum Gasteiger partial charge on any atom is 0.341 e. The summed E-state index contributed by atoms with van der Waals surface area (Å²) >= 11 is 28.3. The number of hydrogen-bond donors (Lipinski definition) is 0. The van der Waals surface area contributed by atoms with Crippen LogP contribution in [0.1, 0.15) is 6.92 Å². The molecule has 7 heteroatoms. The molecule has 1 atom stereocenters. The molecule has 62 valence electrons. The summed E-state index contributed by atoms with van der Waals surface area (Å²) in [5, 5.41) is 0. The van der Waals surface area contributed by atoms with Gasteiger partial charge in [-0.05, 0) is 11.6 Å². The van der Waals surface area contributed by atoms with Gasteiger partial charge in [0.05, 0.1) is 0 Å². The van der Waals surface area contributed by atoms with Crippen molar-refractivity contribution < 1.29 is 0 Å². The van der Waals surface area contributed by atoms with Gasteiger partial charge in [-0.25, -0.2) is 0 Å². The van der Waals surface area contributed by atoms with Gasteiger partial charge in [0, 0.05) is 0 Å². The monoisotopic (exact) mass is 274 g/mol. The Morgan fingerprint density at radius 3 is 1.80 bits per heavy atom. The van der Waals surface area contributed by atoms with Gasteiger partial charge in [-0.3, -0.25) is 0 Å². The average molecular weight is 277 g/mol. The van der Waals surface area contributed by atoms with Crippen molar-refractivity contribution in [2.45, 2.75) is 18.5 Å². The van der Waals surface area contributed by atoms with E-state index in [0.717, 1.165) is 0 Å². The maximum atomic E-state index is 5.68. The van der Waals surface area contributed by atoms with Crippen molar-refractivity contribution >= 4 is 68.8 Å². The van der Waals surface area contributed by atoms with E-state index in [1.165, 1.54) is 0 Å². The first-order valence-corrected chi connectivity index (χ1v) is 12.1. The zero-order chi connectivity index (χ0) is 8.36. The largest absolute Gasteiger partial charge is 0.341 e. The molecule has 0 aromatic carbocycles. The van der Waals surface area contributed by atoms with Gasteiger partial charge in [0.1, 0.15) is 0 Å². The lowest BCUT2D eigenvalue weighted by atomic mass is 10.6. The van der Waals surface area contributed by atoms with E-state index < -0.39 is 13.4 Å². The van der Waals surface area contributed by atoms with Gasteiger partial charge in [-0.15, -0.1) is 33.2 Å². The number of halogens is 5. The molecule has 0 N–H and O–H groups in total. The molecule has 0 radical (unpaired) electrons. The Morgan fingerprint density at radius 1 is 1.30 bits per heavy atom. The van der Waals surface area contributed by atoms with Crippen LogP contribution in [0.3, 0.4) is 0 Å². The molecule has 0 saturated heterocycles. The Labute approximate surface area is 86.9 Å². The number of rotatable bonds is 3. The number of hydrogen-bond acceptors (Lipinski definition) is 0. The van der Waals surface area contributed by atoms with E-state index in [2.05, 4.69) is 0 Å². The van der Waals surface area contributed by atoms with Crippen LogP contribution in [-0.2, 0) is 0 Å². The standard InChI is InChI=1S/C3H7Cl5Si2/c1-3(9(4)5)2-10(6,7)8/h3,9H,2H2,1H3. The third kappa shape index (κ3) is 6.59. The van der Waals surface area contributed by atoms with E-state index >= 15 is 0 Å². The predicted molar refractivity (Wildman–Crippen MR) is 56.4 cm³/mol. The molecule has 0 aliphatic heterocycles. The molecule has 0 aromatic rings. The van der Waals surface area contributed by atoms with E-state index in [1.807, 2.05) is 6.92 Å². The highest BCUT2D eigenvalue weighted by molar-refractivity contribution is 7.65. The summed E-state index contributed by atoms with van der Waals surface area (Å²) in [6.45, 7) is 1.92. The Bertz CT molecular complexity index is 99.6. The SMILES string of the molecule is CC(C[Si](Cl)(Cl)Cl)[SiH](Cl)Cl. The smallest absolute Gasteiger partial charge is 0.150 e. The van der Waals surface area contributed by atoms with Crippen molar-refractivity contribution in [3.8, 4) is 0 Å². The minimum absolute atomic E-state index is 0.197. The van der Waals surface area contributed by atoms with Gasteiger partial charge >= 0.3 is 6.00 Å². The molecule has 0 heterocycles. The van der Waals surface area contributed by atoms with Crippen molar-refractivity contribution in [2.75, 3.05) is 0 Å². The van der Waals surface area contributed by atoms with Crippen LogP contribution in [0.5, 0.6) is 0 Å². The molecule has 0 fully saturated rings. The summed E-state index contributed by atoms with van der Waals surface area (Å²) < 4.78 is 0. The molecule has 0 aliphatic rings. The van der Waals surface area contributed by atoms with Crippen LogP contribution in [-0.4, -0.2) is 13.4 Å². The van der Waals surface area contributed by atoms with Crippen molar-refractivity contribution in [1.29, 1.82) is 0 Å². The van der Waals surface area contributed by atoms with Crippen LogP contribution in [0.4, 0.5) is 0 Å². The van der Waals surface area contributed by atoms with Crippen molar-refractivity contribution in [3.05, 3.63) is 0 Å². The Kier molecular flexibility index (Phi) is 5.70. The second kappa shape index (κ2) is 4.80. The lowest BCUT2D eigenvalue weighted by Crippen LogP contribution is -2.16. The third-order valence-corrected chi connectivity index (χ3v) is 7.63. The molecule has 0 saturated carbocycles. The first kappa shape index (κ1) is 11.9. The molecule has 0 nitrogen and oxygen atoms in total. The van der Waals surface area contributed by atoms with E-state index in [-0.39, 0.29) is 5.54 Å². The lowest BCUT2D eigenvalue weighted by Gasteiger charge is -2.14. The van der Waals surface area contributed by atoms with E-state index in [4.69, 9.17) is 55.4 Å². The fourth-order valence-electron chi connectivity index (χ4n) is 0.454. The van der Waals surface area contributed by atoms with Crippen LogP contribution in [0, 0.1) is 0 Å². The molecular weight excluding hydrogens is 269 g/mol. The Balaban J connectivity index is 3.68. The normalized spacial score (nSPS) is 15.9. The Morgan fingerprint density at radius 2 is 1.70 bits per heavy atom. The van der Waals surface area contributed by atoms with Crippen LogP contribution in [0.25, 0.3) is 0 Å². The van der Waals surface area contributed by atoms with Gasteiger partial charge in [0.15, 0.2) is 0 Å². The van der Waals surface area contributed by atoms with E-state index in [1.54, 1.807) is 0 Å². The van der Waals surface area contributed by atoms with Gasteiger partial charge in [0.2, 0.25) is 7.42 Å². The summed E-state index contributed by atoms with van der Waals surface area (Å²) in [7, 11) is -1.64. The fourth-order valence-corrected chi connectivity index (χ4v) is 8.10. The van der Waals surface area contributed by atoms with E-state index in [9.17, 15) is 0 Å². The van der Waals surface area contributed by atoms with Crippen molar-refractivity contribution in [1.82, 2.24) is 0 Å². The lowest BCUT2D eigenvalue weighted by molar-refractivity contribution is 1.05. The molecule has 0 spiro atoms. The summed E-state index contributed by atoms with van der Waals surface area (Å²) in [5.74, 6) is 0. The molecule has 0 bridgehead atoms. The van der Waals surface area contributed by atoms with Crippen molar-refractivity contribution in [3.63, 3.8) is 0 Å². The fraction of sp³-hybridized carbons (Fsp3) is 1.00. The summed E-state index contributed by atoms with van der Waals surface area (Å²) in [5.41, 5.74) is 0.197. The molecule has 1 unspecified atom stereocenters. The summed E-state index contributed by atoms with van der Waals surface area (Å²) in [6, 6.07) is -1.93. The highest BCUT2D eigenvalue weighted by Gasteiger charge is 2.30. The van der Waals surface area contributed by atoms with Gasteiger partial charge in [-0.2, -0.15) is 22.2 Å². The highest BCUT2D eigenvalue weighted by atomic mass is 35.8. The quantitative estimate of drug-likeness (QED) is 0.544. The summed E-state index contributed by atoms with van der Waals surface area (Å²) in [4.78, 5) is 0. The second-order valence-corrected chi connectivity index (χ2v) is 16.6. The third-order valence-electron chi connectivity index (χ3n) is 0.984. The molecule has 0 amide bonds. The molecule has 0 aromatic heterocycles. The predicted octanol–water partition coefficient (Wildman–Crippen LogP) is 3.73. The maximum absolute atomic E-state index is 5.68. The van der Waals surface area contributed by atoms with Gasteiger partial charge in [-0.1, -0.05) is 6.92 Å². The molecular formula is C3H7Cl5Si2. The van der Waals surface area contributed by atoms with Crippen LogP contribution < -0.4 is 0 Å². The topological polar surface area (TPSA) is 0 Å².